The van der Waals surface area contributed by atoms with Gasteiger partial charge in [0.25, 0.3) is 0 Å². The summed E-state index contributed by atoms with van der Waals surface area (Å²) in [5.74, 6) is 1.37. The van der Waals surface area contributed by atoms with Crippen LogP contribution in [0.25, 0.3) is 11.5 Å². The summed E-state index contributed by atoms with van der Waals surface area (Å²) in [6.07, 6.45) is 4.05. The molecular formula is C23H27N5O. The number of fused-ring (bicyclic) bond motifs is 1. The van der Waals surface area contributed by atoms with Gasteiger partial charge in [-0.2, -0.15) is 0 Å². The number of aliphatic imine (C=N–C) groups is 1. The van der Waals surface area contributed by atoms with Gasteiger partial charge in [0.1, 0.15) is 6.26 Å². The first kappa shape index (κ1) is 19.1. The molecule has 2 aromatic carbocycles. The van der Waals surface area contributed by atoms with Gasteiger partial charge in [0.05, 0.1) is 12.2 Å². The maximum absolute atomic E-state index is 5.59. The van der Waals surface area contributed by atoms with Crippen LogP contribution in [0.5, 0.6) is 0 Å². The molecule has 0 unspecified atom stereocenters. The van der Waals surface area contributed by atoms with E-state index in [0.29, 0.717) is 12.4 Å². The third kappa shape index (κ3) is 4.59. The topological polar surface area (TPSA) is 65.7 Å². The van der Waals surface area contributed by atoms with Crippen molar-refractivity contribution in [3.8, 4) is 11.5 Å². The van der Waals surface area contributed by atoms with Gasteiger partial charge in [-0.05, 0) is 42.2 Å². The summed E-state index contributed by atoms with van der Waals surface area (Å²) in [5.41, 5.74) is 5.84. The SMILES string of the molecule is CN=C(NCc1ccc2c(c1)CCCN2C)NCc1coc(-c2ccccc2)n1. The molecular weight excluding hydrogens is 362 g/mol. The first-order chi connectivity index (χ1) is 14.2. The molecule has 6 nitrogen and oxygen atoms in total. The van der Waals surface area contributed by atoms with Gasteiger partial charge in [0.2, 0.25) is 5.89 Å². The molecule has 0 atom stereocenters. The number of anilines is 1. The third-order valence-electron chi connectivity index (χ3n) is 5.19. The molecule has 1 aromatic heterocycles. The van der Waals surface area contributed by atoms with Gasteiger partial charge in [-0.15, -0.1) is 0 Å². The normalized spacial score (nSPS) is 13.9. The Bertz CT molecular complexity index is 980. The van der Waals surface area contributed by atoms with Crippen molar-refractivity contribution >= 4 is 11.6 Å². The Hall–Kier alpha value is -3.28. The Morgan fingerprint density at radius 2 is 1.97 bits per heavy atom. The molecule has 150 valence electrons. The molecule has 4 rings (SSSR count). The number of benzene rings is 2. The zero-order valence-electron chi connectivity index (χ0n) is 17.0. The fourth-order valence-corrected chi connectivity index (χ4v) is 3.63. The van der Waals surface area contributed by atoms with E-state index in [9.17, 15) is 0 Å². The van der Waals surface area contributed by atoms with Crippen LogP contribution in [0, 0.1) is 0 Å². The molecule has 0 saturated heterocycles. The average molecular weight is 390 g/mol. The van der Waals surface area contributed by atoms with Crippen LogP contribution >= 0.6 is 0 Å². The predicted octanol–water partition coefficient (Wildman–Crippen LogP) is 3.59. The second kappa shape index (κ2) is 8.82. The van der Waals surface area contributed by atoms with Gasteiger partial charge < -0.3 is 20.0 Å². The summed E-state index contributed by atoms with van der Waals surface area (Å²) in [6, 6.07) is 16.6. The van der Waals surface area contributed by atoms with Gasteiger partial charge in [0.15, 0.2) is 5.96 Å². The predicted molar refractivity (Wildman–Crippen MR) is 117 cm³/mol. The van der Waals surface area contributed by atoms with Gasteiger partial charge in [-0.1, -0.05) is 30.3 Å². The maximum atomic E-state index is 5.59. The second-order valence-corrected chi connectivity index (χ2v) is 7.28. The number of aryl methyl sites for hydroxylation is 1. The standard InChI is InChI=1S/C23H27N5O/c1-24-23(25-14-17-10-11-21-19(13-17)9-6-12-28(21)2)26-15-20-16-29-22(27-20)18-7-4-3-5-8-18/h3-5,7-8,10-11,13,16H,6,9,12,14-15H2,1-2H3,(H2,24,25,26). The van der Waals surface area contributed by atoms with Crippen LogP contribution in [0.15, 0.2) is 64.2 Å². The van der Waals surface area contributed by atoms with Crippen LogP contribution in [-0.2, 0) is 19.5 Å². The van der Waals surface area contributed by atoms with Gasteiger partial charge >= 0.3 is 0 Å². The van der Waals surface area contributed by atoms with E-state index >= 15 is 0 Å². The van der Waals surface area contributed by atoms with E-state index in [-0.39, 0.29) is 0 Å². The Balaban J connectivity index is 1.32. The molecule has 0 radical (unpaired) electrons. The number of guanidine groups is 1. The van der Waals surface area contributed by atoms with Crippen molar-refractivity contribution in [1.29, 1.82) is 0 Å². The lowest BCUT2D eigenvalue weighted by molar-refractivity contribution is 0.572. The summed E-state index contributed by atoms with van der Waals surface area (Å²) in [6.45, 7) is 2.41. The highest BCUT2D eigenvalue weighted by Crippen LogP contribution is 2.26. The highest BCUT2D eigenvalue weighted by atomic mass is 16.3. The highest BCUT2D eigenvalue weighted by Gasteiger charge is 2.13. The third-order valence-corrected chi connectivity index (χ3v) is 5.19. The lowest BCUT2D eigenvalue weighted by atomic mass is 9.99. The smallest absolute Gasteiger partial charge is 0.226 e. The summed E-state index contributed by atoms with van der Waals surface area (Å²) >= 11 is 0. The van der Waals surface area contributed by atoms with Crippen LogP contribution in [0.1, 0.15) is 23.2 Å². The summed E-state index contributed by atoms with van der Waals surface area (Å²) in [5, 5.41) is 6.68. The minimum Gasteiger partial charge on any atom is -0.444 e. The van der Waals surface area contributed by atoms with E-state index in [2.05, 4.69) is 50.8 Å². The zero-order chi connectivity index (χ0) is 20.1. The van der Waals surface area contributed by atoms with E-state index in [1.165, 1.54) is 23.2 Å². The minimum atomic E-state index is 0.547. The number of oxazole rings is 1. The zero-order valence-corrected chi connectivity index (χ0v) is 17.0. The molecule has 2 N–H and O–H groups in total. The Morgan fingerprint density at radius 1 is 1.14 bits per heavy atom. The van der Waals surface area contributed by atoms with Crippen LogP contribution in [-0.4, -0.2) is 31.6 Å². The van der Waals surface area contributed by atoms with Gasteiger partial charge in [-0.25, -0.2) is 4.98 Å². The molecule has 0 bridgehead atoms. The summed E-state index contributed by atoms with van der Waals surface area (Å²) in [7, 11) is 3.93. The first-order valence-corrected chi connectivity index (χ1v) is 10.0. The van der Waals surface area contributed by atoms with Crippen molar-refractivity contribution in [3.05, 3.63) is 71.6 Å². The van der Waals surface area contributed by atoms with E-state index in [1.54, 1.807) is 13.3 Å². The van der Waals surface area contributed by atoms with E-state index < -0.39 is 0 Å². The number of hydrogen-bond acceptors (Lipinski definition) is 4. The summed E-state index contributed by atoms with van der Waals surface area (Å²) < 4.78 is 5.59. The second-order valence-electron chi connectivity index (χ2n) is 7.28. The lowest BCUT2D eigenvalue weighted by Crippen LogP contribution is -2.36. The minimum absolute atomic E-state index is 0.547. The largest absolute Gasteiger partial charge is 0.444 e. The lowest BCUT2D eigenvalue weighted by Gasteiger charge is -2.28. The molecule has 29 heavy (non-hydrogen) atoms. The molecule has 2 heterocycles. The number of nitrogens with one attached hydrogen (secondary N) is 2. The van der Waals surface area contributed by atoms with E-state index in [0.717, 1.165) is 36.7 Å². The first-order valence-electron chi connectivity index (χ1n) is 10.0. The fraction of sp³-hybridized carbons (Fsp3) is 0.304. The van der Waals surface area contributed by atoms with Crippen molar-refractivity contribution < 1.29 is 4.42 Å². The number of aromatic nitrogens is 1. The number of hydrogen-bond donors (Lipinski definition) is 2. The highest BCUT2D eigenvalue weighted by molar-refractivity contribution is 5.79. The molecule has 6 heteroatoms. The monoisotopic (exact) mass is 389 g/mol. The van der Waals surface area contributed by atoms with Crippen molar-refractivity contribution in [2.24, 2.45) is 4.99 Å². The molecule has 0 fully saturated rings. The molecule has 1 aliphatic rings. The van der Waals surface area contributed by atoms with Crippen LogP contribution in [0.3, 0.4) is 0 Å². The molecule has 3 aromatic rings. The van der Waals surface area contributed by atoms with Crippen LogP contribution in [0.4, 0.5) is 5.69 Å². The summed E-state index contributed by atoms with van der Waals surface area (Å²) in [4.78, 5) is 11.2. The van der Waals surface area contributed by atoms with Gasteiger partial charge in [-0.3, -0.25) is 4.99 Å². The van der Waals surface area contributed by atoms with Crippen molar-refractivity contribution in [2.45, 2.75) is 25.9 Å². The molecule has 0 amide bonds. The molecule has 1 aliphatic heterocycles. The van der Waals surface area contributed by atoms with Crippen molar-refractivity contribution in [3.63, 3.8) is 0 Å². The van der Waals surface area contributed by atoms with Gasteiger partial charge in [0, 0.05) is 38.4 Å². The van der Waals surface area contributed by atoms with E-state index in [1.807, 2.05) is 30.3 Å². The molecule has 0 spiro atoms. The fourth-order valence-electron chi connectivity index (χ4n) is 3.63. The number of nitrogens with zero attached hydrogens (tertiary/aromatic N) is 3. The Morgan fingerprint density at radius 3 is 2.79 bits per heavy atom. The average Bonchev–Trinajstić information content (AvgIpc) is 3.24. The molecule has 0 aliphatic carbocycles. The quantitative estimate of drug-likeness (QED) is 0.516. The van der Waals surface area contributed by atoms with Crippen molar-refractivity contribution in [2.75, 3.05) is 25.5 Å². The Labute approximate surface area is 171 Å². The van der Waals surface area contributed by atoms with Crippen LogP contribution in [0.2, 0.25) is 0 Å². The van der Waals surface area contributed by atoms with E-state index in [4.69, 9.17) is 4.42 Å². The van der Waals surface area contributed by atoms with Crippen LogP contribution < -0.4 is 15.5 Å². The Kier molecular flexibility index (Phi) is 5.79. The molecule has 0 saturated carbocycles. The number of rotatable bonds is 5. The van der Waals surface area contributed by atoms with Crippen molar-refractivity contribution in [1.82, 2.24) is 15.6 Å². The maximum Gasteiger partial charge on any atom is 0.226 e.